The van der Waals surface area contributed by atoms with Crippen LogP contribution in [0.5, 0.6) is 0 Å². The maximum absolute atomic E-state index is 12.6. The highest BCUT2D eigenvalue weighted by molar-refractivity contribution is 6.05. The van der Waals surface area contributed by atoms with Crippen LogP contribution < -0.4 is 0 Å². The Morgan fingerprint density at radius 2 is 2.10 bits per heavy atom. The molecule has 4 heteroatoms. The number of para-hydroxylation sites is 1. The second-order valence-electron chi connectivity index (χ2n) is 5.84. The molecule has 4 nitrogen and oxygen atoms in total. The fourth-order valence-corrected chi connectivity index (χ4v) is 3.17. The lowest BCUT2D eigenvalue weighted by atomic mass is 10.0. The quantitative estimate of drug-likeness (QED) is 0.902. The largest absolute Gasteiger partial charge is 0.388 e. The molecule has 0 bridgehead atoms. The zero-order chi connectivity index (χ0) is 14.2. The number of likely N-dealkylation sites (N-methyl/N-ethyl adjacent to an activating group) is 1. The summed E-state index contributed by atoms with van der Waals surface area (Å²) < 4.78 is 0. The lowest BCUT2D eigenvalue weighted by Gasteiger charge is -2.28. The SMILES string of the molecule is CN(CC1(O)CCCC1)C(=O)c1cccc2cc[nH]c12. The highest BCUT2D eigenvalue weighted by Crippen LogP contribution is 2.30. The van der Waals surface area contributed by atoms with Gasteiger partial charge in [-0.3, -0.25) is 4.79 Å². The number of carbonyl (C=O) groups is 1. The molecule has 0 atom stereocenters. The first-order chi connectivity index (χ1) is 9.59. The third-order valence-corrected chi connectivity index (χ3v) is 4.23. The molecule has 106 valence electrons. The molecule has 0 aliphatic heterocycles. The number of nitrogens with zero attached hydrogens (tertiary/aromatic N) is 1. The Labute approximate surface area is 118 Å². The Kier molecular flexibility index (Phi) is 3.26. The van der Waals surface area contributed by atoms with E-state index in [-0.39, 0.29) is 5.91 Å². The molecule has 1 fully saturated rings. The van der Waals surface area contributed by atoms with Crippen molar-refractivity contribution in [1.82, 2.24) is 9.88 Å². The first-order valence-corrected chi connectivity index (χ1v) is 7.13. The molecule has 2 aromatic rings. The number of nitrogens with one attached hydrogen (secondary N) is 1. The Morgan fingerprint density at radius 1 is 1.35 bits per heavy atom. The molecular formula is C16H20N2O2. The van der Waals surface area contributed by atoms with Gasteiger partial charge in [0.2, 0.25) is 0 Å². The van der Waals surface area contributed by atoms with E-state index >= 15 is 0 Å². The van der Waals surface area contributed by atoms with E-state index in [4.69, 9.17) is 0 Å². The summed E-state index contributed by atoms with van der Waals surface area (Å²) in [5, 5.41) is 11.5. The molecule has 20 heavy (non-hydrogen) atoms. The van der Waals surface area contributed by atoms with Crippen LogP contribution in [0.25, 0.3) is 10.9 Å². The van der Waals surface area contributed by atoms with Crippen molar-refractivity contribution < 1.29 is 9.90 Å². The fourth-order valence-electron chi connectivity index (χ4n) is 3.17. The molecule has 1 aliphatic rings. The molecule has 1 saturated carbocycles. The van der Waals surface area contributed by atoms with Crippen molar-refractivity contribution in [3.05, 3.63) is 36.0 Å². The van der Waals surface area contributed by atoms with Gasteiger partial charge in [0, 0.05) is 25.2 Å². The Balaban J connectivity index is 1.83. The normalized spacial score (nSPS) is 17.5. The number of fused-ring (bicyclic) bond motifs is 1. The lowest BCUT2D eigenvalue weighted by Crippen LogP contribution is -2.42. The molecule has 3 rings (SSSR count). The van der Waals surface area contributed by atoms with Crippen LogP contribution in [0.3, 0.4) is 0 Å². The number of rotatable bonds is 3. The van der Waals surface area contributed by atoms with Crippen LogP contribution in [-0.2, 0) is 0 Å². The summed E-state index contributed by atoms with van der Waals surface area (Å²) in [7, 11) is 1.76. The maximum atomic E-state index is 12.6. The second kappa shape index (κ2) is 4.94. The van der Waals surface area contributed by atoms with Crippen LogP contribution in [-0.4, -0.2) is 40.1 Å². The van der Waals surface area contributed by atoms with Crippen LogP contribution in [0.2, 0.25) is 0 Å². The van der Waals surface area contributed by atoms with E-state index in [0.29, 0.717) is 12.1 Å². The third-order valence-electron chi connectivity index (χ3n) is 4.23. The van der Waals surface area contributed by atoms with Gasteiger partial charge >= 0.3 is 0 Å². The summed E-state index contributed by atoms with van der Waals surface area (Å²) in [6.45, 7) is 0.406. The molecule has 0 unspecified atom stereocenters. The summed E-state index contributed by atoms with van der Waals surface area (Å²) >= 11 is 0. The number of aromatic nitrogens is 1. The van der Waals surface area contributed by atoms with Gasteiger partial charge in [0.05, 0.1) is 16.7 Å². The third kappa shape index (κ3) is 2.31. The van der Waals surface area contributed by atoms with Gasteiger partial charge in [0.25, 0.3) is 5.91 Å². The van der Waals surface area contributed by atoms with Crippen molar-refractivity contribution in [3.8, 4) is 0 Å². The zero-order valence-corrected chi connectivity index (χ0v) is 11.7. The number of aliphatic hydroxyl groups is 1. The van der Waals surface area contributed by atoms with E-state index in [2.05, 4.69) is 4.98 Å². The van der Waals surface area contributed by atoms with Crippen molar-refractivity contribution in [2.45, 2.75) is 31.3 Å². The van der Waals surface area contributed by atoms with E-state index in [1.165, 1.54) is 0 Å². The van der Waals surface area contributed by atoms with Gasteiger partial charge in [0.1, 0.15) is 0 Å². The first kappa shape index (κ1) is 13.2. The number of carbonyl (C=O) groups excluding carboxylic acids is 1. The smallest absolute Gasteiger partial charge is 0.255 e. The average molecular weight is 272 g/mol. The van der Waals surface area contributed by atoms with Gasteiger partial charge in [-0.05, 0) is 25.0 Å². The van der Waals surface area contributed by atoms with E-state index in [1.54, 1.807) is 11.9 Å². The van der Waals surface area contributed by atoms with E-state index in [0.717, 1.165) is 36.6 Å². The Morgan fingerprint density at radius 3 is 2.85 bits per heavy atom. The topological polar surface area (TPSA) is 56.3 Å². The fraction of sp³-hybridized carbons (Fsp3) is 0.438. The van der Waals surface area contributed by atoms with Crippen molar-refractivity contribution in [2.24, 2.45) is 0 Å². The second-order valence-corrected chi connectivity index (χ2v) is 5.84. The molecule has 1 aromatic heterocycles. The molecule has 1 amide bonds. The van der Waals surface area contributed by atoms with E-state index in [9.17, 15) is 9.90 Å². The van der Waals surface area contributed by atoms with Crippen LogP contribution in [0.15, 0.2) is 30.5 Å². The minimum atomic E-state index is -0.700. The van der Waals surface area contributed by atoms with Crippen LogP contribution in [0.4, 0.5) is 0 Å². The van der Waals surface area contributed by atoms with Crippen LogP contribution >= 0.6 is 0 Å². The van der Waals surface area contributed by atoms with Gasteiger partial charge in [-0.1, -0.05) is 25.0 Å². The van der Waals surface area contributed by atoms with Gasteiger partial charge in [-0.15, -0.1) is 0 Å². The number of amides is 1. The van der Waals surface area contributed by atoms with Crippen molar-refractivity contribution in [2.75, 3.05) is 13.6 Å². The molecule has 1 heterocycles. The van der Waals surface area contributed by atoms with Crippen molar-refractivity contribution >= 4 is 16.8 Å². The van der Waals surface area contributed by atoms with Crippen LogP contribution in [0.1, 0.15) is 36.0 Å². The highest BCUT2D eigenvalue weighted by atomic mass is 16.3. The molecule has 0 radical (unpaired) electrons. The maximum Gasteiger partial charge on any atom is 0.255 e. The van der Waals surface area contributed by atoms with Gasteiger partial charge in [-0.25, -0.2) is 0 Å². The van der Waals surface area contributed by atoms with Crippen molar-refractivity contribution in [1.29, 1.82) is 0 Å². The molecular weight excluding hydrogens is 252 g/mol. The summed E-state index contributed by atoms with van der Waals surface area (Å²) in [4.78, 5) is 17.3. The minimum absolute atomic E-state index is 0.0432. The lowest BCUT2D eigenvalue weighted by molar-refractivity contribution is 0.0157. The number of H-pyrrole nitrogens is 1. The summed E-state index contributed by atoms with van der Waals surface area (Å²) in [6.07, 6.45) is 5.51. The Hall–Kier alpha value is -1.81. The standard InChI is InChI=1S/C16H20N2O2/c1-18(11-16(20)8-2-3-9-16)15(19)13-6-4-5-12-7-10-17-14(12)13/h4-7,10,17,20H,2-3,8-9,11H2,1H3. The van der Waals surface area contributed by atoms with Gasteiger partial charge in [-0.2, -0.15) is 0 Å². The van der Waals surface area contributed by atoms with Crippen molar-refractivity contribution in [3.63, 3.8) is 0 Å². The number of benzene rings is 1. The molecule has 0 saturated heterocycles. The Bertz CT molecular complexity index is 626. The molecule has 0 spiro atoms. The summed E-state index contributed by atoms with van der Waals surface area (Å²) in [5.74, 6) is -0.0432. The van der Waals surface area contributed by atoms with E-state index in [1.807, 2.05) is 30.5 Å². The minimum Gasteiger partial charge on any atom is -0.388 e. The van der Waals surface area contributed by atoms with E-state index < -0.39 is 5.60 Å². The van der Waals surface area contributed by atoms with Crippen LogP contribution in [0, 0.1) is 0 Å². The molecule has 2 N–H and O–H groups in total. The first-order valence-electron chi connectivity index (χ1n) is 7.13. The van der Waals surface area contributed by atoms with Gasteiger partial charge in [0.15, 0.2) is 0 Å². The monoisotopic (exact) mass is 272 g/mol. The highest BCUT2D eigenvalue weighted by Gasteiger charge is 2.33. The predicted molar refractivity (Wildman–Crippen MR) is 78.7 cm³/mol. The number of aromatic amines is 1. The summed E-state index contributed by atoms with van der Waals surface area (Å²) in [6, 6.07) is 7.65. The zero-order valence-electron chi connectivity index (χ0n) is 11.7. The predicted octanol–water partition coefficient (Wildman–Crippen LogP) is 2.54. The number of hydrogen-bond acceptors (Lipinski definition) is 2. The molecule has 1 aliphatic carbocycles. The van der Waals surface area contributed by atoms with Gasteiger partial charge < -0.3 is 15.0 Å². The number of hydrogen-bond donors (Lipinski definition) is 2. The molecule has 1 aromatic carbocycles. The average Bonchev–Trinajstić information content (AvgIpc) is 3.06. The summed E-state index contributed by atoms with van der Waals surface area (Å²) in [5.41, 5.74) is 0.827.